The van der Waals surface area contributed by atoms with Crippen molar-refractivity contribution in [1.29, 1.82) is 0 Å². The third kappa shape index (κ3) is 4.57. The zero-order valence-electron chi connectivity index (χ0n) is 13.6. The van der Waals surface area contributed by atoms with Crippen molar-refractivity contribution in [2.75, 3.05) is 18.5 Å². The number of esters is 1. The van der Waals surface area contributed by atoms with Crippen molar-refractivity contribution in [2.24, 2.45) is 0 Å². The summed E-state index contributed by atoms with van der Waals surface area (Å²) in [7, 11) is 0. The average molecular weight is 359 g/mol. The first kappa shape index (κ1) is 17.0. The summed E-state index contributed by atoms with van der Waals surface area (Å²) >= 11 is 1.49. The highest BCUT2D eigenvalue weighted by molar-refractivity contribution is 7.15. The average Bonchev–Trinajstić information content (AvgIpc) is 3.16. The molecule has 2 heterocycles. The van der Waals surface area contributed by atoms with Gasteiger partial charge in [-0.15, -0.1) is 11.3 Å². The Morgan fingerprint density at radius 1 is 1.28 bits per heavy atom. The fourth-order valence-electron chi connectivity index (χ4n) is 2.20. The number of hydrogen-bond donors (Lipinski definition) is 1. The largest absolute Gasteiger partial charge is 0.494 e. The molecule has 0 aliphatic rings. The maximum atomic E-state index is 11.8. The topological polar surface area (TPSA) is 81.9 Å². The van der Waals surface area contributed by atoms with Gasteiger partial charge in [0.2, 0.25) is 0 Å². The van der Waals surface area contributed by atoms with E-state index >= 15 is 0 Å². The molecule has 25 heavy (non-hydrogen) atoms. The van der Waals surface area contributed by atoms with Crippen molar-refractivity contribution in [1.82, 2.24) is 9.38 Å². The van der Waals surface area contributed by atoms with E-state index < -0.39 is 11.9 Å². The summed E-state index contributed by atoms with van der Waals surface area (Å²) in [6.07, 6.45) is 3.67. The van der Waals surface area contributed by atoms with Crippen LogP contribution < -0.4 is 10.1 Å². The van der Waals surface area contributed by atoms with Crippen LogP contribution >= 0.6 is 11.3 Å². The number of ether oxygens (including phenoxy) is 2. The van der Waals surface area contributed by atoms with Crippen molar-refractivity contribution in [3.8, 4) is 5.75 Å². The maximum Gasteiger partial charge on any atom is 0.312 e. The van der Waals surface area contributed by atoms with Gasteiger partial charge in [-0.05, 0) is 31.2 Å². The molecule has 0 aliphatic carbocycles. The number of carbonyl (C=O) groups is 2. The van der Waals surface area contributed by atoms with Gasteiger partial charge in [0.15, 0.2) is 11.6 Å². The zero-order valence-corrected chi connectivity index (χ0v) is 14.4. The highest BCUT2D eigenvalue weighted by Gasteiger charge is 2.12. The van der Waals surface area contributed by atoms with E-state index in [2.05, 4.69) is 10.3 Å². The summed E-state index contributed by atoms with van der Waals surface area (Å²) < 4.78 is 12.2. The Balaban J connectivity index is 1.44. The van der Waals surface area contributed by atoms with Crippen LogP contribution in [-0.2, 0) is 20.7 Å². The predicted molar refractivity (Wildman–Crippen MR) is 94.0 cm³/mol. The third-order valence-corrected chi connectivity index (χ3v) is 4.05. The second kappa shape index (κ2) is 7.80. The predicted octanol–water partition coefficient (Wildman–Crippen LogP) is 2.52. The van der Waals surface area contributed by atoms with E-state index in [0.717, 1.165) is 10.7 Å². The molecule has 0 fully saturated rings. The van der Waals surface area contributed by atoms with Gasteiger partial charge >= 0.3 is 5.97 Å². The Bertz CT molecular complexity index is 841. The van der Waals surface area contributed by atoms with Gasteiger partial charge in [0.1, 0.15) is 5.75 Å². The lowest BCUT2D eigenvalue weighted by atomic mass is 10.3. The minimum Gasteiger partial charge on any atom is -0.494 e. The Hall–Kier alpha value is -2.87. The number of thiazole rings is 1. The molecular weight excluding hydrogens is 342 g/mol. The molecule has 0 saturated heterocycles. The first-order chi connectivity index (χ1) is 12.1. The number of aromatic nitrogens is 2. The monoisotopic (exact) mass is 359 g/mol. The van der Waals surface area contributed by atoms with Crippen molar-refractivity contribution >= 4 is 33.9 Å². The molecule has 0 atom stereocenters. The third-order valence-electron chi connectivity index (χ3n) is 3.28. The van der Waals surface area contributed by atoms with Gasteiger partial charge < -0.3 is 14.8 Å². The summed E-state index contributed by atoms with van der Waals surface area (Å²) in [5, 5.41) is 4.57. The lowest BCUT2D eigenvalue weighted by Gasteiger charge is -2.07. The molecule has 1 aromatic carbocycles. The quantitative estimate of drug-likeness (QED) is 0.656. The van der Waals surface area contributed by atoms with E-state index in [1.807, 2.05) is 22.9 Å². The summed E-state index contributed by atoms with van der Waals surface area (Å²) in [5.41, 5.74) is 1.22. The molecule has 3 rings (SSSR count). The van der Waals surface area contributed by atoms with Crippen LogP contribution in [0.4, 0.5) is 5.69 Å². The van der Waals surface area contributed by atoms with E-state index in [1.165, 1.54) is 11.3 Å². The minimum absolute atomic E-state index is 0.0325. The van der Waals surface area contributed by atoms with E-state index in [1.54, 1.807) is 30.5 Å². The fourth-order valence-corrected chi connectivity index (χ4v) is 2.92. The number of fused-ring (bicyclic) bond motifs is 1. The van der Waals surface area contributed by atoms with Gasteiger partial charge in [-0.25, -0.2) is 4.98 Å². The summed E-state index contributed by atoms with van der Waals surface area (Å²) in [5.74, 6) is -0.164. The van der Waals surface area contributed by atoms with Crippen LogP contribution in [0.2, 0.25) is 0 Å². The van der Waals surface area contributed by atoms with Crippen molar-refractivity contribution < 1.29 is 19.1 Å². The summed E-state index contributed by atoms with van der Waals surface area (Å²) in [6.45, 7) is 2.14. The van der Waals surface area contributed by atoms with Crippen LogP contribution in [0, 0.1) is 0 Å². The molecule has 1 amide bonds. The fraction of sp³-hybridized carbons (Fsp3) is 0.235. The molecule has 0 aliphatic heterocycles. The summed E-state index contributed by atoms with van der Waals surface area (Å²) in [4.78, 5) is 28.8. The van der Waals surface area contributed by atoms with Crippen molar-refractivity contribution in [2.45, 2.75) is 13.3 Å². The molecule has 130 valence electrons. The molecule has 0 spiro atoms. The minimum atomic E-state index is -0.493. The molecule has 2 aromatic heterocycles. The van der Waals surface area contributed by atoms with E-state index in [9.17, 15) is 9.59 Å². The maximum absolute atomic E-state index is 11.8. The van der Waals surface area contributed by atoms with Gasteiger partial charge in [0.05, 0.1) is 18.7 Å². The molecule has 0 saturated carbocycles. The lowest BCUT2D eigenvalue weighted by Crippen LogP contribution is -2.21. The highest BCUT2D eigenvalue weighted by Crippen LogP contribution is 2.15. The number of amides is 1. The first-order valence-electron chi connectivity index (χ1n) is 7.73. The second-order valence-electron chi connectivity index (χ2n) is 5.17. The standard InChI is InChI=1S/C17H17N3O4S/c1-2-23-14-5-3-12(4-6-14)18-15(21)11-24-16(22)9-13-10-20-7-8-25-17(20)19-13/h3-8,10H,2,9,11H2,1H3,(H,18,21). The molecule has 0 unspecified atom stereocenters. The van der Waals surface area contributed by atoms with Crippen LogP contribution in [0.25, 0.3) is 4.96 Å². The Morgan fingerprint density at radius 3 is 2.80 bits per heavy atom. The number of carbonyl (C=O) groups excluding carboxylic acids is 2. The Morgan fingerprint density at radius 2 is 2.08 bits per heavy atom. The van der Waals surface area contributed by atoms with Gasteiger partial charge in [0, 0.05) is 23.5 Å². The lowest BCUT2D eigenvalue weighted by molar-refractivity contribution is -0.146. The smallest absolute Gasteiger partial charge is 0.312 e. The Kier molecular flexibility index (Phi) is 5.30. The van der Waals surface area contributed by atoms with Crippen LogP contribution in [0.5, 0.6) is 5.75 Å². The number of rotatable bonds is 7. The number of nitrogens with one attached hydrogen (secondary N) is 1. The van der Waals surface area contributed by atoms with Gasteiger partial charge in [-0.1, -0.05) is 0 Å². The highest BCUT2D eigenvalue weighted by atomic mass is 32.1. The van der Waals surface area contributed by atoms with Gasteiger partial charge in [0.25, 0.3) is 5.91 Å². The van der Waals surface area contributed by atoms with E-state index in [-0.39, 0.29) is 13.0 Å². The van der Waals surface area contributed by atoms with Crippen molar-refractivity contribution in [3.05, 3.63) is 47.7 Å². The van der Waals surface area contributed by atoms with Crippen molar-refractivity contribution in [3.63, 3.8) is 0 Å². The molecule has 1 N–H and O–H groups in total. The SMILES string of the molecule is CCOc1ccc(NC(=O)COC(=O)Cc2cn3ccsc3n2)cc1. The van der Waals surface area contributed by atoms with E-state index in [0.29, 0.717) is 18.0 Å². The number of hydrogen-bond acceptors (Lipinski definition) is 6. The van der Waals surface area contributed by atoms with E-state index in [4.69, 9.17) is 9.47 Å². The summed E-state index contributed by atoms with van der Waals surface area (Å²) in [6, 6.07) is 6.97. The number of benzene rings is 1. The molecular formula is C17H17N3O4S. The van der Waals surface area contributed by atoms with Crippen LogP contribution in [-0.4, -0.2) is 34.5 Å². The zero-order chi connectivity index (χ0) is 17.6. The van der Waals surface area contributed by atoms with Gasteiger partial charge in [-0.3, -0.25) is 14.0 Å². The number of imidazole rings is 1. The molecule has 7 nitrogen and oxygen atoms in total. The number of anilines is 1. The number of nitrogens with zero attached hydrogens (tertiary/aromatic N) is 2. The first-order valence-corrected chi connectivity index (χ1v) is 8.61. The molecule has 8 heteroatoms. The van der Waals surface area contributed by atoms with Crippen LogP contribution in [0.15, 0.2) is 42.0 Å². The molecule has 0 bridgehead atoms. The Labute approximate surface area is 148 Å². The van der Waals surface area contributed by atoms with Crippen LogP contribution in [0.3, 0.4) is 0 Å². The second-order valence-corrected chi connectivity index (χ2v) is 6.04. The van der Waals surface area contributed by atoms with Crippen LogP contribution in [0.1, 0.15) is 12.6 Å². The van der Waals surface area contributed by atoms with Gasteiger partial charge in [-0.2, -0.15) is 0 Å². The molecule has 0 radical (unpaired) electrons. The normalized spacial score (nSPS) is 10.6. The molecule has 3 aromatic rings.